The molecule has 0 saturated carbocycles. The number of amides is 1. The zero-order valence-electron chi connectivity index (χ0n) is 12.0. The van der Waals surface area contributed by atoms with Gasteiger partial charge in [0, 0.05) is 23.5 Å². The van der Waals surface area contributed by atoms with Crippen molar-refractivity contribution in [3.05, 3.63) is 45.7 Å². The molecular formula is C16H19N3O2. The zero-order chi connectivity index (χ0) is 14.8. The normalized spacial score (nSPS) is 18.0. The number of aryl methyl sites for hydroxylation is 1. The third kappa shape index (κ3) is 2.69. The average molecular weight is 285 g/mol. The summed E-state index contributed by atoms with van der Waals surface area (Å²) >= 11 is 0. The second-order valence-electron chi connectivity index (χ2n) is 5.50. The van der Waals surface area contributed by atoms with Gasteiger partial charge in [0.2, 0.25) is 0 Å². The highest BCUT2D eigenvalue weighted by atomic mass is 16.2. The van der Waals surface area contributed by atoms with E-state index in [0.717, 1.165) is 35.9 Å². The molecule has 1 amide bonds. The molecule has 0 spiro atoms. The Kier molecular flexibility index (Phi) is 3.75. The molecule has 1 aromatic heterocycles. The van der Waals surface area contributed by atoms with E-state index in [9.17, 15) is 9.59 Å². The van der Waals surface area contributed by atoms with Gasteiger partial charge in [-0.1, -0.05) is 18.2 Å². The molecule has 1 atom stereocenters. The molecule has 2 heterocycles. The van der Waals surface area contributed by atoms with Gasteiger partial charge in [-0.2, -0.15) is 0 Å². The predicted molar refractivity (Wildman–Crippen MR) is 82.7 cm³/mol. The molecule has 3 rings (SSSR count). The third-order valence-corrected chi connectivity index (χ3v) is 4.08. The van der Waals surface area contributed by atoms with E-state index in [1.54, 1.807) is 0 Å². The fourth-order valence-electron chi connectivity index (χ4n) is 2.92. The minimum absolute atomic E-state index is 0.215. The van der Waals surface area contributed by atoms with Gasteiger partial charge in [-0.05, 0) is 37.9 Å². The van der Waals surface area contributed by atoms with Crippen molar-refractivity contribution in [1.82, 2.24) is 15.6 Å². The van der Waals surface area contributed by atoms with Crippen LogP contribution in [0.3, 0.4) is 0 Å². The standard InChI is InChI=1S/C16H19N3O2/c1-10-12-6-2-3-7-13(12)19-16(21)14(10)15(20)18-9-11-5-4-8-17-11/h2-3,6-7,11,17H,4-5,8-9H2,1H3,(H,18,20)(H,19,21). The predicted octanol–water partition coefficient (Wildman–Crippen LogP) is 1.32. The second kappa shape index (κ2) is 5.69. The molecule has 21 heavy (non-hydrogen) atoms. The monoisotopic (exact) mass is 285 g/mol. The molecule has 1 saturated heterocycles. The summed E-state index contributed by atoms with van der Waals surface area (Å²) in [6.45, 7) is 3.38. The fourth-order valence-corrected chi connectivity index (χ4v) is 2.92. The highest BCUT2D eigenvalue weighted by molar-refractivity contribution is 5.99. The number of hydrogen-bond donors (Lipinski definition) is 3. The lowest BCUT2D eigenvalue weighted by Crippen LogP contribution is -2.39. The van der Waals surface area contributed by atoms with E-state index in [2.05, 4.69) is 15.6 Å². The lowest BCUT2D eigenvalue weighted by Gasteiger charge is -2.13. The molecule has 1 unspecified atom stereocenters. The van der Waals surface area contributed by atoms with Crippen LogP contribution in [0.25, 0.3) is 10.9 Å². The van der Waals surface area contributed by atoms with E-state index in [1.165, 1.54) is 0 Å². The first-order valence-corrected chi connectivity index (χ1v) is 7.30. The molecule has 2 aromatic rings. The summed E-state index contributed by atoms with van der Waals surface area (Å²) in [4.78, 5) is 27.3. The maximum atomic E-state index is 12.3. The van der Waals surface area contributed by atoms with Gasteiger partial charge in [0.15, 0.2) is 0 Å². The first-order valence-electron chi connectivity index (χ1n) is 7.30. The van der Waals surface area contributed by atoms with Gasteiger partial charge in [-0.15, -0.1) is 0 Å². The number of H-pyrrole nitrogens is 1. The van der Waals surface area contributed by atoms with Crippen LogP contribution in [-0.2, 0) is 0 Å². The van der Waals surface area contributed by atoms with Gasteiger partial charge in [-0.25, -0.2) is 0 Å². The van der Waals surface area contributed by atoms with E-state index in [1.807, 2.05) is 31.2 Å². The van der Waals surface area contributed by atoms with Crippen molar-refractivity contribution in [2.24, 2.45) is 0 Å². The number of fused-ring (bicyclic) bond motifs is 1. The highest BCUT2D eigenvalue weighted by Gasteiger charge is 2.19. The van der Waals surface area contributed by atoms with Crippen LogP contribution in [0, 0.1) is 6.92 Å². The summed E-state index contributed by atoms with van der Waals surface area (Å²) in [5.41, 5.74) is 1.37. The summed E-state index contributed by atoms with van der Waals surface area (Å²) in [6.07, 6.45) is 2.20. The molecule has 1 fully saturated rings. The SMILES string of the molecule is Cc1c(C(=O)NCC2CCCN2)c(=O)[nH]c2ccccc12. The number of aromatic nitrogens is 1. The maximum absolute atomic E-state index is 12.3. The third-order valence-electron chi connectivity index (χ3n) is 4.08. The molecule has 0 aliphatic carbocycles. The van der Waals surface area contributed by atoms with Crippen molar-refractivity contribution in [1.29, 1.82) is 0 Å². The Bertz CT molecular complexity index is 730. The summed E-state index contributed by atoms with van der Waals surface area (Å²) < 4.78 is 0. The molecule has 3 N–H and O–H groups in total. The number of pyridine rings is 1. The Balaban J connectivity index is 1.88. The number of para-hydroxylation sites is 1. The van der Waals surface area contributed by atoms with E-state index in [-0.39, 0.29) is 17.0 Å². The van der Waals surface area contributed by atoms with Crippen molar-refractivity contribution in [3.63, 3.8) is 0 Å². The van der Waals surface area contributed by atoms with Gasteiger partial charge in [-0.3, -0.25) is 9.59 Å². The first kappa shape index (κ1) is 13.8. The van der Waals surface area contributed by atoms with Crippen molar-refractivity contribution in [3.8, 4) is 0 Å². The molecule has 0 radical (unpaired) electrons. The summed E-state index contributed by atoms with van der Waals surface area (Å²) in [5.74, 6) is -0.298. The van der Waals surface area contributed by atoms with E-state index in [0.29, 0.717) is 12.6 Å². The number of rotatable bonds is 3. The molecule has 1 aromatic carbocycles. The van der Waals surface area contributed by atoms with Crippen molar-refractivity contribution < 1.29 is 4.79 Å². The van der Waals surface area contributed by atoms with E-state index < -0.39 is 0 Å². The number of hydrogen-bond acceptors (Lipinski definition) is 3. The van der Waals surface area contributed by atoms with E-state index in [4.69, 9.17) is 0 Å². The topological polar surface area (TPSA) is 74.0 Å². The number of benzene rings is 1. The number of carbonyl (C=O) groups excluding carboxylic acids is 1. The fraction of sp³-hybridized carbons (Fsp3) is 0.375. The molecular weight excluding hydrogens is 266 g/mol. The molecule has 1 aliphatic rings. The van der Waals surface area contributed by atoms with Gasteiger partial charge in [0.05, 0.1) is 0 Å². The minimum Gasteiger partial charge on any atom is -0.350 e. The first-order chi connectivity index (χ1) is 10.2. The Morgan fingerprint density at radius 1 is 1.38 bits per heavy atom. The largest absolute Gasteiger partial charge is 0.350 e. The number of nitrogens with one attached hydrogen (secondary N) is 3. The summed E-state index contributed by atoms with van der Waals surface area (Å²) in [7, 11) is 0. The van der Waals surface area contributed by atoms with Crippen molar-refractivity contribution in [2.45, 2.75) is 25.8 Å². The summed E-state index contributed by atoms with van der Waals surface area (Å²) in [6, 6.07) is 7.83. The summed E-state index contributed by atoms with van der Waals surface area (Å²) in [5, 5.41) is 7.09. The van der Waals surface area contributed by atoms with Gasteiger partial charge in [0.25, 0.3) is 11.5 Å². The van der Waals surface area contributed by atoms with Crippen LogP contribution in [0.15, 0.2) is 29.1 Å². The Morgan fingerprint density at radius 2 is 2.19 bits per heavy atom. The van der Waals surface area contributed by atoms with Crippen LogP contribution in [-0.4, -0.2) is 30.0 Å². The lowest BCUT2D eigenvalue weighted by molar-refractivity contribution is 0.0948. The molecule has 5 heteroatoms. The lowest BCUT2D eigenvalue weighted by atomic mass is 10.0. The quantitative estimate of drug-likeness (QED) is 0.796. The second-order valence-corrected chi connectivity index (χ2v) is 5.50. The minimum atomic E-state index is -0.330. The Hall–Kier alpha value is -2.14. The smallest absolute Gasteiger partial charge is 0.261 e. The highest BCUT2D eigenvalue weighted by Crippen LogP contribution is 2.16. The van der Waals surface area contributed by atoms with Crippen molar-refractivity contribution in [2.75, 3.05) is 13.1 Å². The maximum Gasteiger partial charge on any atom is 0.261 e. The van der Waals surface area contributed by atoms with Crippen LogP contribution in [0.2, 0.25) is 0 Å². The Morgan fingerprint density at radius 3 is 2.95 bits per heavy atom. The van der Waals surface area contributed by atoms with Gasteiger partial charge >= 0.3 is 0 Å². The van der Waals surface area contributed by atoms with Crippen LogP contribution >= 0.6 is 0 Å². The average Bonchev–Trinajstić information content (AvgIpc) is 2.98. The number of aromatic amines is 1. The molecule has 110 valence electrons. The van der Waals surface area contributed by atoms with Crippen LogP contribution in [0.1, 0.15) is 28.8 Å². The van der Waals surface area contributed by atoms with Crippen LogP contribution < -0.4 is 16.2 Å². The molecule has 5 nitrogen and oxygen atoms in total. The van der Waals surface area contributed by atoms with E-state index >= 15 is 0 Å². The van der Waals surface area contributed by atoms with Crippen molar-refractivity contribution >= 4 is 16.8 Å². The molecule has 1 aliphatic heterocycles. The van der Waals surface area contributed by atoms with Gasteiger partial charge < -0.3 is 15.6 Å². The number of carbonyl (C=O) groups is 1. The zero-order valence-corrected chi connectivity index (χ0v) is 12.0. The van der Waals surface area contributed by atoms with Crippen LogP contribution in [0.4, 0.5) is 0 Å². The van der Waals surface area contributed by atoms with Crippen LogP contribution in [0.5, 0.6) is 0 Å². The molecule has 0 bridgehead atoms. The Labute approximate surface area is 122 Å². The van der Waals surface area contributed by atoms with Gasteiger partial charge in [0.1, 0.15) is 5.56 Å².